The molecule has 1 saturated heterocycles. The number of hydrogen-bond acceptors (Lipinski definition) is 3. The maximum atomic E-state index is 5.71. The van der Waals surface area contributed by atoms with E-state index in [1.54, 1.807) is 0 Å². The van der Waals surface area contributed by atoms with Gasteiger partial charge in [0.2, 0.25) is 0 Å². The largest absolute Gasteiger partial charge is 0.399 e. The summed E-state index contributed by atoms with van der Waals surface area (Å²) >= 11 is 0. The van der Waals surface area contributed by atoms with E-state index in [2.05, 4.69) is 35.9 Å². The van der Waals surface area contributed by atoms with Gasteiger partial charge < -0.3 is 10.6 Å². The van der Waals surface area contributed by atoms with Crippen LogP contribution in [-0.2, 0) is 6.54 Å². The van der Waals surface area contributed by atoms with E-state index in [0.29, 0.717) is 6.04 Å². The van der Waals surface area contributed by atoms with Crippen LogP contribution in [-0.4, -0.2) is 42.5 Å². The summed E-state index contributed by atoms with van der Waals surface area (Å²) in [6.45, 7) is 6.92. The second kappa shape index (κ2) is 5.52. The second-order valence-corrected chi connectivity index (χ2v) is 5.18. The van der Waals surface area contributed by atoms with Crippen molar-refractivity contribution in [3.8, 4) is 0 Å². The van der Waals surface area contributed by atoms with Gasteiger partial charge in [-0.1, -0.05) is 12.1 Å². The molecule has 1 aromatic rings. The Hall–Kier alpha value is -1.06. The fourth-order valence-electron chi connectivity index (χ4n) is 2.51. The summed E-state index contributed by atoms with van der Waals surface area (Å²) in [5.74, 6) is 0. The Balaban J connectivity index is 1.99. The lowest BCUT2D eigenvalue weighted by molar-refractivity contribution is 0.194. The molecule has 1 atom stereocenters. The zero-order chi connectivity index (χ0) is 12.3. The van der Waals surface area contributed by atoms with E-state index in [9.17, 15) is 0 Å². The lowest BCUT2D eigenvalue weighted by atomic mass is 10.1. The average molecular weight is 233 g/mol. The highest BCUT2D eigenvalue weighted by Gasteiger charge is 2.19. The molecule has 0 aliphatic carbocycles. The van der Waals surface area contributed by atoms with Gasteiger partial charge in [0.25, 0.3) is 0 Å². The van der Waals surface area contributed by atoms with Crippen molar-refractivity contribution in [2.75, 3.05) is 32.4 Å². The lowest BCUT2D eigenvalue weighted by Crippen LogP contribution is -2.37. The Morgan fingerprint density at radius 3 is 2.65 bits per heavy atom. The van der Waals surface area contributed by atoms with Crippen LogP contribution in [0, 0.1) is 0 Å². The van der Waals surface area contributed by atoms with Gasteiger partial charge in [-0.2, -0.15) is 0 Å². The van der Waals surface area contributed by atoms with E-state index in [1.165, 1.54) is 25.1 Å². The third kappa shape index (κ3) is 3.45. The van der Waals surface area contributed by atoms with Crippen LogP contribution in [0.5, 0.6) is 0 Å². The van der Waals surface area contributed by atoms with Gasteiger partial charge in [0.05, 0.1) is 0 Å². The molecule has 3 nitrogen and oxygen atoms in total. The van der Waals surface area contributed by atoms with Crippen molar-refractivity contribution in [3.05, 3.63) is 29.8 Å². The van der Waals surface area contributed by atoms with E-state index in [0.717, 1.165) is 18.8 Å². The standard InChI is InChI=1S/C14H23N3/c1-12-10-16(2)8-3-9-17(12)11-13-4-6-14(15)7-5-13/h4-7,12H,3,8-11,15H2,1-2H3. The summed E-state index contributed by atoms with van der Waals surface area (Å²) in [6, 6.07) is 8.88. The fraction of sp³-hybridized carbons (Fsp3) is 0.571. The first-order chi connectivity index (χ1) is 8.15. The number of rotatable bonds is 2. The van der Waals surface area contributed by atoms with Gasteiger partial charge in [-0.25, -0.2) is 0 Å². The number of nitrogen functional groups attached to an aromatic ring is 1. The summed E-state index contributed by atoms with van der Waals surface area (Å²) < 4.78 is 0. The van der Waals surface area contributed by atoms with E-state index in [4.69, 9.17) is 5.73 Å². The van der Waals surface area contributed by atoms with Crippen molar-refractivity contribution >= 4 is 5.69 Å². The summed E-state index contributed by atoms with van der Waals surface area (Å²) in [4.78, 5) is 4.99. The van der Waals surface area contributed by atoms with Crippen molar-refractivity contribution in [2.45, 2.75) is 25.9 Å². The van der Waals surface area contributed by atoms with Gasteiger partial charge in [-0.3, -0.25) is 4.90 Å². The number of hydrogen-bond donors (Lipinski definition) is 1. The molecule has 0 radical (unpaired) electrons. The SMILES string of the molecule is CC1CN(C)CCCN1Cc1ccc(N)cc1. The molecule has 94 valence electrons. The first-order valence-corrected chi connectivity index (χ1v) is 6.42. The highest BCUT2D eigenvalue weighted by Crippen LogP contribution is 2.14. The quantitative estimate of drug-likeness (QED) is 0.791. The van der Waals surface area contributed by atoms with Gasteiger partial charge in [-0.05, 0) is 44.6 Å². The Morgan fingerprint density at radius 1 is 1.24 bits per heavy atom. The van der Waals surface area contributed by atoms with Crippen LogP contribution in [0.1, 0.15) is 18.9 Å². The highest BCUT2D eigenvalue weighted by molar-refractivity contribution is 5.39. The van der Waals surface area contributed by atoms with E-state index in [-0.39, 0.29) is 0 Å². The molecular formula is C14H23N3. The maximum absolute atomic E-state index is 5.71. The number of benzene rings is 1. The first kappa shape index (κ1) is 12.4. The molecule has 1 heterocycles. The minimum Gasteiger partial charge on any atom is -0.399 e. The predicted octanol–water partition coefficient (Wildman–Crippen LogP) is 1.79. The average Bonchev–Trinajstić information content (AvgIpc) is 2.44. The first-order valence-electron chi connectivity index (χ1n) is 6.42. The Labute approximate surface area is 104 Å². The molecule has 0 amide bonds. The minimum atomic E-state index is 0.625. The van der Waals surface area contributed by atoms with Gasteiger partial charge in [-0.15, -0.1) is 0 Å². The topological polar surface area (TPSA) is 32.5 Å². The minimum absolute atomic E-state index is 0.625. The third-order valence-electron chi connectivity index (χ3n) is 3.55. The number of nitrogens with two attached hydrogens (primary N) is 1. The summed E-state index contributed by atoms with van der Waals surface area (Å²) in [6.07, 6.45) is 1.26. The second-order valence-electron chi connectivity index (χ2n) is 5.18. The molecule has 0 spiro atoms. The molecule has 17 heavy (non-hydrogen) atoms. The van der Waals surface area contributed by atoms with Crippen molar-refractivity contribution in [2.24, 2.45) is 0 Å². The van der Waals surface area contributed by atoms with Crippen LogP contribution < -0.4 is 5.73 Å². The Bertz CT molecular complexity index is 347. The summed E-state index contributed by atoms with van der Waals surface area (Å²) in [5.41, 5.74) is 7.91. The molecule has 1 unspecified atom stereocenters. The molecule has 1 aliphatic heterocycles. The smallest absolute Gasteiger partial charge is 0.0314 e. The maximum Gasteiger partial charge on any atom is 0.0314 e. The third-order valence-corrected chi connectivity index (χ3v) is 3.55. The van der Waals surface area contributed by atoms with E-state index < -0.39 is 0 Å². The molecule has 2 rings (SSSR count). The number of likely N-dealkylation sites (N-methyl/N-ethyl adjacent to an activating group) is 1. The van der Waals surface area contributed by atoms with Crippen molar-refractivity contribution in [1.82, 2.24) is 9.80 Å². The number of anilines is 1. The van der Waals surface area contributed by atoms with Crippen LogP contribution in [0.25, 0.3) is 0 Å². The Kier molecular flexibility index (Phi) is 4.02. The van der Waals surface area contributed by atoms with Crippen molar-refractivity contribution in [1.29, 1.82) is 0 Å². The fourth-order valence-corrected chi connectivity index (χ4v) is 2.51. The van der Waals surface area contributed by atoms with Crippen LogP contribution in [0.3, 0.4) is 0 Å². The van der Waals surface area contributed by atoms with E-state index >= 15 is 0 Å². The molecule has 3 heteroatoms. The van der Waals surface area contributed by atoms with Crippen LogP contribution in [0.15, 0.2) is 24.3 Å². The molecule has 1 aromatic carbocycles. The zero-order valence-corrected chi connectivity index (χ0v) is 10.9. The summed E-state index contributed by atoms with van der Waals surface area (Å²) in [5, 5.41) is 0. The van der Waals surface area contributed by atoms with Gasteiger partial charge >= 0.3 is 0 Å². The van der Waals surface area contributed by atoms with Gasteiger partial charge in [0.1, 0.15) is 0 Å². The monoisotopic (exact) mass is 233 g/mol. The molecule has 1 aliphatic rings. The van der Waals surface area contributed by atoms with Gasteiger partial charge in [0, 0.05) is 31.4 Å². The van der Waals surface area contributed by atoms with Gasteiger partial charge in [0.15, 0.2) is 0 Å². The summed E-state index contributed by atoms with van der Waals surface area (Å²) in [7, 11) is 2.21. The lowest BCUT2D eigenvalue weighted by Gasteiger charge is -2.27. The molecule has 0 bridgehead atoms. The van der Waals surface area contributed by atoms with E-state index in [1.807, 2.05) is 12.1 Å². The zero-order valence-electron chi connectivity index (χ0n) is 10.9. The molecule has 1 fully saturated rings. The predicted molar refractivity (Wildman–Crippen MR) is 72.8 cm³/mol. The molecular weight excluding hydrogens is 210 g/mol. The molecule has 2 N–H and O–H groups in total. The molecule has 0 saturated carbocycles. The molecule has 0 aromatic heterocycles. The van der Waals surface area contributed by atoms with Crippen LogP contribution in [0.4, 0.5) is 5.69 Å². The van der Waals surface area contributed by atoms with Crippen molar-refractivity contribution in [3.63, 3.8) is 0 Å². The normalized spacial score (nSPS) is 23.5. The Morgan fingerprint density at radius 2 is 1.94 bits per heavy atom. The van der Waals surface area contributed by atoms with Crippen LogP contribution in [0.2, 0.25) is 0 Å². The highest BCUT2D eigenvalue weighted by atomic mass is 15.2. The number of nitrogens with zero attached hydrogens (tertiary/aromatic N) is 2. The van der Waals surface area contributed by atoms with Crippen LogP contribution >= 0.6 is 0 Å². The van der Waals surface area contributed by atoms with Crippen molar-refractivity contribution < 1.29 is 0 Å².